The Kier molecular flexibility index (Phi) is 8.34. The second-order valence-corrected chi connectivity index (χ2v) is 6.25. The number of benzene rings is 2. The number of likely N-dealkylation sites (N-methyl/N-ethyl adjacent to an activating group) is 1. The maximum atomic E-state index is 13.7. The molecule has 0 unspecified atom stereocenters. The number of nitrogens with zero attached hydrogens (tertiary/aromatic N) is 1. The van der Waals surface area contributed by atoms with Crippen LogP contribution in [-0.2, 0) is 9.59 Å². The highest BCUT2D eigenvalue weighted by molar-refractivity contribution is 5.94. The van der Waals surface area contributed by atoms with Gasteiger partial charge in [-0.05, 0) is 43.7 Å². The number of rotatable bonds is 9. The van der Waals surface area contributed by atoms with Crippen LogP contribution in [0.2, 0.25) is 0 Å². The van der Waals surface area contributed by atoms with Crippen molar-refractivity contribution in [3.05, 3.63) is 59.7 Å². The van der Waals surface area contributed by atoms with Gasteiger partial charge in [-0.2, -0.15) is 0 Å². The number of hydrogen-bond acceptors (Lipinski definition) is 4. The van der Waals surface area contributed by atoms with Crippen LogP contribution in [0.1, 0.15) is 19.4 Å². The minimum Gasteiger partial charge on any atom is -0.493 e. The van der Waals surface area contributed by atoms with Crippen LogP contribution in [0.3, 0.4) is 0 Å². The van der Waals surface area contributed by atoms with Crippen molar-refractivity contribution in [3.8, 4) is 11.5 Å². The van der Waals surface area contributed by atoms with Gasteiger partial charge in [-0.15, -0.1) is 0 Å². The third-order valence-corrected chi connectivity index (χ3v) is 4.19. The number of halogens is 2. The number of ether oxygens (including phenoxy) is 2. The first kappa shape index (κ1) is 22.9. The van der Waals surface area contributed by atoms with Gasteiger partial charge in [0, 0.05) is 6.54 Å². The van der Waals surface area contributed by atoms with Crippen LogP contribution in [0.4, 0.5) is 14.5 Å². The highest BCUT2D eigenvalue weighted by Gasteiger charge is 2.19. The van der Waals surface area contributed by atoms with Crippen LogP contribution in [0.25, 0.3) is 6.08 Å². The molecule has 0 fully saturated rings. The number of para-hydroxylation sites is 1. The van der Waals surface area contributed by atoms with E-state index in [0.29, 0.717) is 11.5 Å². The van der Waals surface area contributed by atoms with Crippen LogP contribution in [0.5, 0.6) is 11.5 Å². The maximum absolute atomic E-state index is 13.7. The van der Waals surface area contributed by atoms with E-state index in [1.165, 1.54) is 18.1 Å². The number of hydrogen-bond donors (Lipinski definition) is 1. The summed E-state index contributed by atoms with van der Waals surface area (Å²) in [6, 6.07) is 8.53. The van der Waals surface area contributed by atoms with Crippen LogP contribution in [-0.4, -0.2) is 43.5 Å². The molecule has 0 aliphatic heterocycles. The summed E-state index contributed by atoms with van der Waals surface area (Å²) in [4.78, 5) is 25.8. The predicted molar refractivity (Wildman–Crippen MR) is 110 cm³/mol. The molecule has 8 heteroatoms. The number of methoxy groups -OCH3 is 1. The Morgan fingerprint density at radius 2 is 1.83 bits per heavy atom. The highest BCUT2D eigenvalue weighted by Crippen LogP contribution is 2.28. The van der Waals surface area contributed by atoms with Crippen molar-refractivity contribution in [2.75, 3.05) is 32.1 Å². The number of carbonyl (C=O) groups excluding carboxylic acids is 2. The molecule has 0 heterocycles. The van der Waals surface area contributed by atoms with Gasteiger partial charge in [-0.3, -0.25) is 9.59 Å². The van der Waals surface area contributed by atoms with Gasteiger partial charge in [-0.25, -0.2) is 8.78 Å². The molecular weight excluding hydrogens is 394 g/mol. The van der Waals surface area contributed by atoms with Gasteiger partial charge >= 0.3 is 0 Å². The van der Waals surface area contributed by atoms with E-state index in [1.807, 2.05) is 25.1 Å². The first-order chi connectivity index (χ1) is 14.4. The molecule has 2 amide bonds. The summed E-state index contributed by atoms with van der Waals surface area (Å²) in [5.41, 5.74) is 0.369. The minimum atomic E-state index is -0.894. The van der Waals surface area contributed by atoms with Crippen molar-refractivity contribution < 1.29 is 27.8 Å². The lowest BCUT2D eigenvalue weighted by atomic mass is 10.2. The second kappa shape index (κ2) is 10.9. The quantitative estimate of drug-likeness (QED) is 0.671. The predicted octanol–water partition coefficient (Wildman–Crippen LogP) is 3.87. The smallest absolute Gasteiger partial charge is 0.260 e. The van der Waals surface area contributed by atoms with E-state index in [-0.39, 0.29) is 19.7 Å². The number of anilines is 1. The Morgan fingerprint density at radius 3 is 2.43 bits per heavy atom. The van der Waals surface area contributed by atoms with E-state index in [1.54, 1.807) is 19.1 Å². The molecule has 0 radical (unpaired) electrons. The fourth-order valence-corrected chi connectivity index (χ4v) is 2.68. The second-order valence-electron chi connectivity index (χ2n) is 6.25. The van der Waals surface area contributed by atoms with Crippen LogP contribution < -0.4 is 14.8 Å². The third-order valence-electron chi connectivity index (χ3n) is 4.19. The van der Waals surface area contributed by atoms with E-state index >= 15 is 0 Å². The Hall–Kier alpha value is -3.42. The Balaban J connectivity index is 1.99. The number of allylic oxidation sites excluding steroid dienone is 1. The first-order valence-corrected chi connectivity index (χ1v) is 9.34. The minimum absolute atomic E-state index is 0.215. The summed E-state index contributed by atoms with van der Waals surface area (Å²) in [6.07, 6.45) is 3.78. The Bertz CT molecular complexity index is 911. The van der Waals surface area contributed by atoms with Crippen molar-refractivity contribution >= 4 is 23.6 Å². The van der Waals surface area contributed by atoms with Crippen LogP contribution >= 0.6 is 0 Å². The van der Waals surface area contributed by atoms with E-state index in [9.17, 15) is 18.4 Å². The summed E-state index contributed by atoms with van der Waals surface area (Å²) >= 11 is 0. The molecule has 2 aromatic rings. The summed E-state index contributed by atoms with van der Waals surface area (Å²) < 4.78 is 38.2. The van der Waals surface area contributed by atoms with E-state index in [2.05, 4.69) is 5.32 Å². The molecule has 1 N–H and O–H groups in total. The number of amides is 2. The molecule has 30 heavy (non-hydrogen) atoms. The number of carbonyl (C=O) groups is 2. The Morgan fingerprint density at radius 1 is 1.13 bits per heavy atom. The normalized spacial score (nSPS) is 10.7. The maximum Gasteiger partial charge on any atom is 0.260 e. The summed E-state index contributed by atoms with van der Waals surface area (Å²) in [5, 5.41) is 2.16. The monoisotopic (exact) mass is 418 g/mol. The van der Waals surface area contributed by atoms with Gasteiger partial charge in [0.1, 0.15) is 17.3 Å². The molecule has 2 rings (SSSR count). The SMILES string of the molecule is C/C=C/c1ccc(OCC(=O)N(CC)CC(=O)Nc2c(F)cccc2F)c(OC)c1. The summed E-state index contributed by atoms with van der Waals surface area (Å²) in [5.74, 6) is -2.12. The highest BCUT2D eigenvalue weighted by atomic mass is 19.1. The molecule has 0 saturated carbocycles. The zero-order valence-electron chi connectivity index (χ0n) is 17.1. The van der Waals surface area contributed by atoms with Crippen molar-refractivity contribution in [2.24, 2.45) is 0 Å². The van der Waals surface area contributed by atoms with Gasteiger partial charge < -0.3 is 19.7 Å². The zero-order chi connectivity index (χ0) is 22.1. The standard InChI is InChI=1S/C22H24F2N2O4/c1-4-7-15-10-11-18(19(12-15)29-3)30-14-21(28)26(5-2)13-20(27)25-22-16(23)8-6-9-17(22)24/h4,6-12H,5,13-14H2,1-3H3,(H,25,27)/b7-4+. The van der Waals surface area contributed by atoms with Gasteiger partial charge in [0.15, 0.2) is 18.1 Å². The van der Waals surface area contributed by atoms with E-state index in [0.717, 1.165) is 17.7 Å². The molecule has 6 nitrogen and oxygen atoms in total. The topological polar surface area (TPSA) is 67.9 Å². The van der Waals surface area contributed by atoms with Gasteiger partial charge in [0.2, 0.25) is 5.91 Å². The van der Waals surface area contributed by atoms with Gasteiger partial charge in [0.25, 0.3) is 5.91 Å². The fraction of sp³-hybridized carbons (Fsp3) is 0.273. The summed E-state index contributed by atoms with van der Waals surface area (Å²) in [7, 11) is 1.49. The molecule has 0 aromatic heterocycles. The lowest BCUT2D eigenvalue weighted by molar-refractivity contribution is -0.136. The molecule has 0 saturated heterocycles. The zero-order valence-corrected chi connectivity index (χ0v) is 17.1. The van der Waals surface area contributed by atoms with Crippen LogP contribution in [0.15, 0.2) is 42.5 Å². The molecule has 2 aromatic carbocycles. The van der Waals surface area contributed by atoms with E-state index < -0.39 is 29.1 Å². The lowest BCUT2D eigenvalue weighted by Gasteiger charge is -2.21. The lowest BCUT2D eigenvalue weighted by Crippen LogP contribution is -2.40. The van der Waals surface area contributed by atoms with Crippen molar-refractivity contribution in [2.45, 2.75) is 13.8 Å². The largest absolute Gasteiger partial charge is 0.493 e. The van der Waals surface area contributed by atoms with Crippen molar-refractivity contribution in [3.63, 3.8) is 0 Å². The van der Waals surface area contributed by atoms with Crippen molar-refractivity contribution in [1.29, 1.82) is 0 Å². The fourth-order valence-electron chi connectivity index (χ4n) is 2.68. The molecule has 160 valence electrons. The average Bonchev–Trinajstić information content (AvgIpc) is 2.73. The summed E-state index contributed by atoms with van der Waals surface area (Å²) in [6.45, 7) is 3.10. The third kappa shape index (κ3) is 6.04. The van der Waals surface area contributed by atoms with Gasteiger partial charge in [-0.1, -0.05) is 24.3 Å². The van der Waals surface area contributed by atoms with Crippen molar-refractivity contribution in [1.82, 2.24) is 4.90 Å². The number of nitrogens with one attached hydrogen (secondary N) is 1. The Labute approximate surface area is 174 Å². The average molecular weight is 418 g/mol. The molecule has 0 atom stereocenters. The molecule has 0 bridgehead atoms. The molecule has 0 aliphatic carbocycles. The molecule has 0 aliphatic rings. The molecule has 0 spiro atoms. The van der Waals surface area contributed by atoms with Crippen LogP contribution in [0, 0.1) is 11.6 Å². The van der Waals surface area contributed by atoms with Gasteiger partial charge in [0.05, 0.1) is 13.7 Å². The van der Waals surface area contributed by atoms with E-state index in [4.69, 9.17) is 9.47 Å². The molecular formula is C22H24F2N2O4. The first-order valence-electron chi connectivity index (χ1n) is 9.34.